The van der Waals surface area contributed by atoms with E-state index in [9.17, 15) is 13.6 Å². The predicted octanol–water partition coefficient (Wildman–Crippen LogP) is 4.49. The van der Waals surface area contributed by atoms with Crippen molar-refractivity contribution in [1.29, 1.82) is 0 Å². The molecule has 0 saturated carbocycles. The van der Waals surface area contributed by atoms with Crippen molar-refractivity contribution in [3.05, 3.63) is 48.0 Å². The van der Waals surface area contributed by atoms with Crippen LogP contribution in [0.5, 0.6) is 11.5 Å². The summed E-state index contributed by atoms with van der Waals surface area (Å²) in [5.74, 6) is -0.557. The van der Waals surface area contributed by atoms with Crippen molar-refractivity contribution in [2.75, 3.05) is 24.3 Å². The van der Waals surface area contributed by atoms with Gasteiger partial charge >= 0.3 is 0 Å². The minimum absolute atomic E-state index is 0.0209. The number of rotatable bonds is 8. The van der Waals surface area contributed by atoms with Gasteiger partial charge in [-0.25, -0.2) is 8.78 Å². The average Bonchev–Trinajstić information content (AvgIpc) is 2.57. The first kappa shape index (κ1) is 19.1. The number of halogens is 2. The number of hydrogen-bond acceptors (Lipinski definition) is 4. The molecule has 25 heavy (non-hydrogen) atoms. The fourth-order valence-electron chi connectivity index (χ4n) is 2.07. The summed E-state index contributed by atoms with van der Waals surface area (Å²) in [7, 11) is 0. The topological polar surface area (TPSA) is 47.6 Å². The third-order valence-electron chi connectivity index (χ3n) is 3.09. The lowest BCUT2D eigenvalue weighted by Crippen LogP contribution is -2.15. The molecule has 7 heteroatoms. The first-order valence-electron chi connectivity index (χ1n) is 7.80. The molecule has 0 heterocycles. The van der Waals surface area contributed by atoms with Gasteiger partial charge in [0.25, 0.3) is 0 Å². The van der Waals surface area contributed by atoms with E-state index in [1.807, 2.05) is 13.8 Å². The summed E-state index contributed by atoms with van der Waals surface area (Å²) in [5.41, 5.74) is 0.484. The second-order valence-corrected chi connectivity index (χ2v) is 5.95. The van der Waals surface area contributed by atoms with Crippen molar-refractivity contribution in [2.45, 2.75) is 18.7 Å². The molecule has 0 aliphatic carbocycles. The number of anilines is 1. The van der Waals surface area contributed by atoms with Crippen molar-refractivity contribution in [1.82, 2.24) is 0 Å². The minimum Gasteiger partial charge on any atom is -0.494 e. The van der Waals surface area contributed by atoms with Crippen LogP contribution in [0.25, 0.3) is 0 Å². The Balaban J connectivity index is 2.04. The molecule has 0 aliphatic rings. The molecule has 0 radical (unpaired) electrons. The van der Waals surface area contributed by atoms with E-state index in [4.69, 9.17) is 9.47 Å². The van der Waals surface area contributed by atoms with E-state index in [2.05, 4.69) is 5.32 Å². The van der Waals surface area contributed by atoms with Crippen LogP contribution in [0.4, 0.5) is 14.5 Å². The summed E-state index contributed by atoms with van der Waals surface area (Å²) < 4.78 is 37.4. The van der Waals surface area contributed by atoms with Gasteiger partial charge in [-0.3, -0.25) is 4.79 Å². The summed E-state index contributed by atoms with van der Waals surface area (Å²) in [5, 5.41) is 2.73. The normalized spacial score (nSPS) is 10.4. The Hall–Kier alpha value is -2.28. The van der Waals surface area contributed by atoms with Crippen LogP contribution in [0, 0.1) is 11.6 Å². The molecule has 0 spiro atoms. The number of benzene rings is 2. The maximum atomic E-state index is 13.6. The average molecular weight is 367 g/mol. The molecular weight excluding hydrogens is 348 g/mol. The molecule has 0 bridgehead atoms. The van der Waals surface area contributed by atoms with Gasteiger partial charge in [0.05, 0.1) is 24.7 Å². The second-order valence-electron chi connectivity index (χ2n) is 4.94. The first-order valence-corrected chi connectivity index (χ1v) is 8.79. The van der Waals surface area contributed by atoms with Crippen LogP contribution in [0.1, 0.15) is 13.8 Å². The molecular formula is C18H19F2NO3S. The largest absolute Gasteiger partial charge is 0.494 e. The minimum atomic E-state index is -0.689. The Morgan fingerprint density at radius 1 is 1.08 bits per heavy atom. The number of carbonyl (C=O) groups excluding carboxylic acids is 1. The van der Waals surface area contributed by atoms with Crippen LogP contribution < -0.4 is 14.8 Å². The lowest BCUT2D eigenvalue weighted by Gasteiger charge is -2.13. The van der Waals surface area contributed by atoms with Crippen LogP contribution in [-0.2, 0) is 4.79 Å². The summed E-state index contributed by atoms with van der Waals surface area (Å²) in [6, 6.07) is 8.41. The molecule has 0 atom stereocenters. The quantitative estimate of drug-likeness (QED) is 0.698. The summed E-state index contributed by atoms with van der Waals surface area (Å²) in [4.78, 5) is 12.4. The number of ether oxygens (including phenoxy) is 2. The summed E-state index contributed by atoms with van der Waals surface area (Å²) >= 11 is 0.991. The summed E-state index contributed by atoms with van der Waals surface area (Å²) in [6.07, 6.45) is 0. The zero-order chi connectivity index (χ0) is 18.2. The molecule has 2 aromatic rings. The van der Waals surface area contributed by atoms with Crippen LogP contribution >= 0.6 is 11.8 Å². The van der Waals surface area contributed by atoms with Gasteiger partial charge in [-0.2, -0.15) is 0 Å². The highest BCUT2D eigenvalue weighted by Crippen LogP contribution is 2.30. The fraction of sp³-hybridized carbons (Fsp3) is 0.278. The van der Waals surface area contributed by atoms with Gasteiger partial charge in [-0.15, -0.1) is 11.8 Å². The van der Waals surface area contributed by atoms with E-state index in [0.717, 1.165) is 23.9 Å². The molecule has 0 unspecified atom stereocenters. The standard InChI is InChI=1S/C18H19F2NO3S/c1-3-23-13-6-7-16(24-4-2)15(10-13)21-18(22)11-25-17-8-5-12(19)9-14(17)20/h5-10H,3-4,11H2,1-2H3,(H,21,22). The summed E-state index contributed by atoms with van der Waals surface area (Å²) in [6.45, 7) is 4.66. The third kappa shape index (κ3) is 5.63. The van der Waals surface area contributed by atoms with E-state index in [1.54, 1.807) is 18.2 Å². The highest BCUT2D eigenvalue weighted by Gasteiger charge is 2.12. The lowest BCUT2D eigenvalue weighted by atomic mass is 10.2. The van der Waals surface area contributed by atoms with Gasteiger partial charge < -0.3 is 14.8 Å². The van der Waals surface area contributed by atoms with Gasteiger partial charge in [-0.05, 0) is 38.1 Å². The monoisotopic (exact) mass is 367 g/mol. The van der Waals surface area contributed by atoms with Crippen molar-refractivity contribution in [3.63, 3.8) is 0 Å². The number of nitrogens with one attached hydrogen (secondary N) is 1. The van der Waals surface area contributed by atoms with Crippen LogP contribution in [0.3, 0.4) is 0 Å². The zero-order valence-corrected chi connectivity index (χ0v) is 14.8. The predicted molar refractivity (Wildman–Crippen MR) is 94.5 cm³/mol. The van der Waals surface area contributed by atoms with Crippen LogP contribution in [0.2, 0.25) is 0 Å². The maximum Gasteiger partial charge on any atom is 0.234 e. The van der Waals surface area contributed by atoms with Crippen molar-refractivity contribution < 1.29 is 23.0 Å². The van der Waals surface area contributed by atoms with Crippen molar-refractivity contribution in [3.8, 4) is 11.5 Å². The van der Waals surface area contributed by atoms with Crippen molar-refractivity contribution >= 4 is 23.4 Å². The molecule has 0 aromatic heterocycles. The SMILES string of the molecule is CCOc1ccc(OCC)c(NC(=O)CSc2ccc(F)cc2F)c1. The first-order chi connectivity index (χ1) is 12.0. The molecule has 0 fully saturated rings. The van der Waals surface area contributed by atoms with Gasteiger partial charge in [0.2, 0.25) is 5.91 Å². The highest BCUT2D eigenvalue weighted by atomic mass is 32.2. The number of carbonyl (C=O) groups is 1. The molecule has 0 aliphatic heterocycles. The molecule has 2 aromatic carbocycles. The zero-order valence-electron chi connectivity index (χ0n) is 14.0. The van der Waals surface area contributed by atoms with E-state index in [1.165, 1.54) is 6.07 Å². The van der Waals surface area contributed by atoms with Gasteiger partial charge in [0.1, 0.15) is 23.1 Å². The molecule has 0 saturated heterocycles. The fourth-order valence-corrected chi connectivity index (χ4v) is 2.79. The van der Waals surface area contributed by atoms with Crippen molar-refractivity contribution in [2.24, 2.45) is 0 Å². The number of amides is 1. The molecule has 1 N–H and O–H groups in total. The smallest absolute Gasteiger partial charge is 0.234 e. The number of thioether (sulfide) groups is 1. The van der Waals surface area contributed by atoms with Crippen LogP contribution in [0.15, 0.2) is 41.3 Å². The lowest BCUT2D eigenvalue weighted by molar-refractivity contribution is -0.113. The Morgan fingerprint density at radius 3 is 2.52 bits per heavy atom. The Bertz CT molecular complexity index is 740. The molecule has 4 nitrogen and oxygen atoms in total. The van der Waals surface area contributed by atoms with E-state index in [0.29, 0.717) is 30.4 Å². The molecule has 134 valence electrons. The highest BCUT2D eigenvalue weighted by molar-refractivity contribution is 8.00. The second kappa shape index (κ2) is 9.27. The van der Waals surface area contributed by atoms with Gasteiger partial charge in [0, 0.05) is 17.0 Å². The van der Waals surface area contributed by atoms with E-state index < -0.39 is 11.6 Å². The molecule has 1 amide bonds. The Morgan fingerprint density at radius 2 is 1.84 bits per heavy atom. The Labute approximate surface area is 149 Å². The number of hydrogen-bond donors (Lipinski definition) is 1. The Kier molecular flexibility index (Phi) is 7.06. The third-order valence-corrected chi connectivity index (χ3v) is 4.14. The van der Waals surface area contributed by atoms with Crippen LogP contribution in [-0.4, -0.2) is 24.9 Å². The van der Waals surface area contributed by atoms with Gasteiger partial charge in [0.15, 0.2) is 0 Å². The van der Waals surface area contributed by atoms with Gasteiger partial charge in [-0.1, -0.05) is 0 Å². The van der Waals surface area contributed by atoms with E-state index in [-0.39, 0.29) is 16.6 Å². The van der Waals surface area contributed by atoms with E-state index >= 15 is 0 Å². The maximum absolute atomic E-state index is 13.6. The molecule has 2 rings (SSSR count).